The molecule has 1 N–H and O–H groups in total. The summed E-state index contributed by atoms with van der Waals surface area (Å²) in [6.07, 6.45) is 0. The normalized spacial score (nSPS) is 12.6. The molecule has 136 valence electrons. The number of hydrogen-bond acceptors (Lipinski definition) is 3. The number of aromatic nitrogens is 2. The van der Waals surface area contributed by atoms with Gasteiger partial charge in [-0.25, -0.2) is 0 Å². The third kappa shape index (κ3) is 4.69. The van der Waals surface area contributed by atoms with Gasteiger partial charge in [0.25, 0.3) is 5.91 Å². The van der Waals surface area contributed by atoms with E-state index in [4.69, 9.17) is 0 Å². The molecule has 1 aromatic heterocycles. The molecule has 2 aromatic rings. The largest absolute Gasteiger partial charge is 0.349 e. The second kappa shape index (κ2) is 8.30. The Balaban J connectivity index is 2.12. The van der Waals surface area contributed by atoms with Gasteiger partial charge in [-0.05, 0) is 45.5 Å². The summed E-state index contributed by atoms with van der Waals surface area (Å²) in [6.45, 7) is 9.50. The van der Waals surface area contributed by atoms with Crippen molar-refractivity contribution in [3.63, 3.8) is 0 Å². The van der Waals surface area contributed by atoms with Gasteiger partial charge in [-0.15, -0.1) is 0 Å². The monoisotopic (exact) mass is 342 g/mol. The Morgan fingerprint density at radius 3 is 2.40 bits per heavy atom. The zero-order valence-electron chi connectivity index (χ0n) is 16.2. The molecule has 0 aliphatic heterocycles. The molecule has 0 aliphatic rings. The molecule has 1 amide bonds. The van der Waals surface area contributed by atoms with Gasteiger partial charge in [-0.3, -0.25) is 9.48 Å². The molecule has 0 radical (unpaired) electrons. The van der Waals surface area contributed by atoms with Crippen molar-refractivity contribution in [3.05, 3.63) is 52.8 Å². The lowest BCUT2D eigenvalue weighted by Crippen LogP contribution is -2.35. The molecule has 0 saturated heterocycles. The fourth-order valence-corrected chi connectivity index (χ4v) is 2.81. The fourth-order valence-electron chi connectivity index (χ4n) is 2.81. The van der Waals surface area contributed by atoms with Gasteiger partial charge in [0.15, 0.2) is 0 Å². The van der Waals surface area contributed by atoms with E-state index in [2.05, 4.69) is 60.4 Å². The third-order valence-electron chi connectivity index (χ3n) is 4.46. The topological polar surface area (TPSA) is 50.2 Å². The third-order valence-corrected chi connectivity index (χ3v) is 4.46. The number of amides is 1. The van der Waals surface area contributed by atoms with Crippen LogP contribution in [0, 0.1) is 6.92 Å². The average molecular weight is 342 g/mol. The van der Waals surface area contributed by atoms with Crippen molar-refractivity contribution in [2.24, 2.45) is 0 Å². The van der Waals surface area contributed by atoms with Gasteiger partial charge in [0.05, 0.1) is 11.7 Å². The maximum absolute atomic E-state index is 12.7. The van der Waals surface area contributed by atoms with Crippen molar-refractivity contribution >= 4 is 5.91 Å². The summed E-state index contributed by atoms with van der Waals surface area (Å²) in [7, 11) is 4.06. The van der Waals surface area contributed by atoms with Crippen LogP contribution in [0.25, 0.3) is 0 Å². The molecule has 1 aromatic carbocycles. The first-order chi connectivity index (χ1) is 11.8. The van der Waals surface area contributed by atoms with Gasteiger partial charge in [-0.2, -0.15) is 5.10 Å². The zero-order chi connectivity index (χ0) is 18.6. The standard InChI is InChI=1S/C20H30N4O/c1-7-24-18(12-17(22-24)14(2)3)20(25)21-13-19(23(5)6)16-10-8-15(4)9-11-16/h8-12,14,19H,7,13H2,1-6H3,(H,21,25)/t19-/m1/s1. The number of hydrogen-bond donors (Lipinski definition) is 1. The van der Waals surface area contributed by atoms with Gasteiger partial charge in [0, 0.05) is 13.1 Å². The molecular weight excluding hydrogens is 312 g/mol. The van der Waals surface area contributed by atoms with E-state index >= 15 is 0 Å². The first kappa shape index (κ1) is 19.2. The van der Waals surface area contributed by atoms with E-state index in [1.807, 2.05) is 27.1 Å². The number of carbonyl (C=O) groups is 1. The Hall–Kier alpha value is -2.14. The van der Waals surface area contributed by atoms with Gasteiger partial charge < -0.3 is 10.2 Å². The van der Waals surface area contributed by atoms with Crippen molar-refractivity contribution in [2.75, 3.05) is 20.6 Å². The van der Waals surface area contributed by atoms with Crippen LogP contribution in [-0.2, 0) is 6.54 Å². The Kier molecular flexibility index (Phi) is 6.37. The highest BCUT2D eigenvalue weighted by atomic mass is 16.2. The summed E-state index contributed by atoms with van der Waals surface area (Å²) in [6, 6.07) is 10.5. The van der Waals surface area contributed by atoms with Crippen molar-refractivity contribution < 1.29 is 4.79 Å². The molecule has 2 rings (SSSR count). The Morgan fingerprint density at radius 2 is 1.88 bits per heavy atom. The molecule has 5 heteroatoms. The molecule has 0 fully saturated rings. The Morgan fingerprint density at radius 1 is 1.24 bits per heavy atom. The van der Waals surface area contributed by atoms with Gasteiger partial charge in [0.1, 0.15) is 5.69 Å². The highest BCUT2D eigenvalue weighted by Crippen LogP contribution is 2.19. The first-order valence-corrected chi connectivity index (χ1v) is 8.92. The lowest BCUT2D eigenvalue weighted by atomic mass is 10.0. The van der Waals surface area contributed by atoms with Gasteiger partial charge >= 0.3 is 0 Å². The number of likely N-dealkylation sites (N-methyl/N-ethyl adjacent to an activating group) is 1. The van der Waals surface area contributed by atoms with Gasteiger partial charge in [0.2, 0.25) is 0 Å². The number of aryl methyl sites for hydroxylation is 2. The Labute approximate surface area is 151 Å². The Bertz CT molecular complexity index is 701. The van der Waals surface area contributed by atoms with Crippen molar-refractivity contribution in [3.8, 4) is 0 Å². The summed E-state index contributed by atoms with van der Waals surface area (Å²) in [5.41, 5.74) is 4.02. The molecule has 25 heavy (non-hydrogen) atoms. The lowest BCUT2D eigenvalue weighted by Gasteiger charge is -2.25. The molecule has 5 nitrogen and oxygen atoms in total. The smallest absolute Gasteiger partial charge is 0.269 e. The highest BCUT2D eigenvalue weighted by Gasteiger charge is 2.19. The predicted octanol–water partition coefficient (Wildman–Crippen LogP) is 3.37. The minimum absolute atomic E-state index is 0.0692. The van der Waals surface area contributed by atoms with Crippen LogP contribution in [-0.4, -0.2) is 41.2 Å². The first-order valence-electron chi connectivity index (χ1n) is 8.92. The molecular formula is C20H30N4O. The predicted molar refractivity (Wildman–Crippen MR) is 102 cm³/mol. The summed E-state index contributed by atoms with van der Waals surface area (Å²) < 4.78 is 1.78. The van der Waals surface area contributed by atoms with Crippen LogP contribution in [0.5, 0.6) is 0 Å². The quantitative estimate of drug-likeness (QED) is 0.839. The highest BCUT2D eigenvalue weighted by molar-refractivity contribution is 5.92. The second-order valence-electron chi connectivity index (χ2n) is 7.03. The van der Waals surface area contributed by atoms with Crippen LogP contribution >= 0.6 is 0 Å². The summed E-state index contributed by atoms with van der Waals surface area (Å²) in [4.78, 5) is 14.8. The van der Waals surface area contributed by atoms with Crippen molar-refractivity contribution in [1.29, 1.82) is 0 Å². The van der Waals surface area contributed by atoms with Crippen molar-refractivity contribution in [1.82, 2.24) is 20.0 Å². The molecule has 0 bridgehead atoms. The van der Waals surface area contributed by atoms with E-state index < -0.39 is 0 Å². The maximum Gasteiger partial charge on any atom is 0.269 e. The van der Waals surface area contributed by atoms with E-state index in [0.29, 0.717) is 24.7 Å². The molecule has 0 spiro atoms. The van der Waals surface area contributed by atoms with E-state index in [9.17, 15) is 4.79 Å². The minimum atomic E-state index is -0.0692. The molecule has 1 heterocycles. The number of nitrogens with one attached hydrogen (secondary N) is 1. The lowest BCUT2D eigenvalue weighted by molar-refractivity contribution is 0.0931. The summed E-state index contributed by atoms with van der Waals surface area (Å²) in [5.74, 6) is 0.238. The van der Waals surface area contributed by atoms with Gasteiger partial charge in [-0.1, -0.05) is 43.7 Å². The SMILES string of the molecule is CCn1nc(C(C)C)cc1C(=O)NC[C@H](c1ccc(C)cc1)N(C)C. The van der Waals surface area contributed by atoms with E-state index in [1.165, 1.54) is 11.1 Å². The molecule has 0 aliphatic carbocycles. The number of rotatable bonds is 7. The van der Waals surface area contributed by atoms with Crippen LogP contribution in [0.15, 0.2) is 30.3 Å². The zero-order valence-corrected chi connectivity index (χ0v) is 16.2. The minimum Gasteiger partial charge on any atom is -0.349 e. The van der Waals surface area contributed by atoms with Crippen molar-refractivity contribution in [2.45, 2.75) is 46.2 Å². The molecule has 0 saturated carbocycles. The number of nitrogens with zero attached hydrogens (tertiary/aromatic N) is 3. The number of carbonyl (C=O) groups excluding carboxylic acids is 1. The molecule has 1 atom stereocenters. The van der Waals surface area contributed by atoms with Crippen LogP contribution in [0.1, 0.15) is 60.0 Å². The van der Waals surface area contributed by atoms with E-state index in [0.717, 1.165) is 5.69 Å². The fraction of sp³-hybridized carbons (Fsp3) is 0.500. The maximum atomic E-state index is 12.7. The van der Waals surface area contributed by atoms with Crippen LogP contribution in [0.2, 0.25) is 0 Å². The van der Waals surface area contributed by atoms with E-state index in [1.54, 1.807) is 4.68 Å². The van der Waals surface area contributed by atoms with Crippen LogP contribution < -0.4 is 5.32 Å². The van der Waals surface area contributed by atoms with Crippen LogP contribution in [0.4, 0.5) is 0 Å². The average Bonchev–Trinajstić information content (AvgIpc) is 3.01. The summed E-state index contributed by atoms with van der Waals surface area (Å²) >= 11 is 0. The summed E-state index contributed by atoms with van der Waals surface area (Å²) in [5, 5.41) is 7.60. The van der Waals surface area contributed by atoms with Crippen LogP contribution in [0.3, 0.4) is 0 Å². The molecule has 0 unspecified atom stereocenters. The number of benzene rings is 1. The second-order valence-corrected chi connectivity index (χ2v) is 7.03. The van der Waals surface area contributed by atoms with E-state index in [-0.39, 0.29) is 11.9 Å².